The van der Waals surface area contributed by atoms with Gasteiger partial charge in [-0.15, -0.1) is 0 Å². The number of aryl methyl sites for hydroxylation is 2. The molecule has 0 radical (unpaired) electrons. The van der Waals surface area contributed by atoms with E-state index < -0.39 is 0 Å². The first-order chi connectivity index (χ1) is 7.65. The maximum absolute atomic E-state index is 12.3. The Kier molecular flexibility index (Phi) is 2.96. The summed E-state index contributed by atoms with van der Waals surface area (Å²) in [7, 11) is 0. The number of nitrogens with zero attached hydrogens (tertiary/aromatic N) is 2. The first-order valence-corrected chi connectivity index (χ1v) is 5.59. The molecule has 1 atom stereocenters. The highest BCUT2D eigenvalue weighted by molar-refractivity contribution is 5.96. The van der Waals surface area contributed by atoms with Crippen molar-refractivity contribution >= 4 is 5.91 Å². The average Bonchev–Trinajstić information content (AvgIpc) is 2.85. The second-order valence-electron chi connectivity index (χ2n) is 4.23. The molecule has 1 fully saturated rings. The molecule has 1 amide bonds. The highest BCUT2D eigenvalue weighted by atomic mass is 16.5. The van der Waals surface area contributed by atoms with Crippen LogP contribution in [0.15, 0.2) is 4.52 Å². The van der Waals surface area contributed by atoms with E-state index in [9.17, 15) is 4.79 Å². The second-order valence-corrected chi connectivity index (χ2v) is 4.23. The lowest BCUT2D eigenvalue weighted by Gasteiger charge is -2.23. The van der Waals surface area contributed by atoms with E-state index in [0.29, 0.717) is 23.6 Å². The molecule has 1 unspecified atom stereocenters. The summed E-state index contributed by atoms with van der Waals surface area (Å²) in [5, 5.41) is 3.81. The first-order valence-electron chi connectivity index (χ1n) is 5.59. The summed E-state index contributed by atoms with van der Waals surface area (Å²) in [6.45, 7) is 4.86. The van der Waals surface area contributed by atoms with Gasteiger partial charge in [0.1, 0.15) is 11.3 Å². The third-order valence-electron chi connectivity index (χ3n) is 3.16. The number of hydrogen-bond acceptors (Lipinski definition) is 4. The Labute approximate surface area is 94.6 Å². The van der Waals surface area contributed by atoms with E-state index in [0.717, 1.165) is 19.4 Å². The third kappa shape index (κ3) is 1.71. The number of aromatic nitrogens is 1. The third-order valence-corrected chi connectivity index (χ3v) is 3.16. The Balaban J connectivity index is 2.25. The van der Waals surface area contributed by atoms with Crippen molar-refractivity contribution in [2.24, 2.45) is 5.73 Å². The molecule has 0 aliphatic carbocycles. The molecule has 0 saturated carbocycles. The van der Waals surface area contributed by atoms with Crippen molar-refractivity contribution in [1.29, 1.82) is 0 Å². The fourth-order valence-electron chi connectivity index (χ4n) is 2.28. The Bertz CT molecular complexity index is 380. The number of nitrogens with two attached hydrogens (primary N) is 1. The molecule has 0 bridgehead atoms. The molecule has 1 saturated heterocycles. The molecule has 1 aromatic heterocycles. The zero-order chi connectivity index (χ0) is 11.7. The Morgan fingerprint density at radius 3 is 2.94 bits per heavy atom. The summed E-state index contributed by atoms with van der Waals surface area (Å²) in [4.78, 5) is 14.1. The summed E-state index contributed by atoms with van der Waals surface area (Å²) in [6.07, 6.45) is 2.02. The highest BCUT2D eigenvalue weighted by Crippen LogP contribution is 2.22. The largest absolute Gasteiger partial charge is 0.361 e. The van der Waals surface area contributed by atoms with Gasteiger partial charge >= 0.3 is 0 Å². The van der Waals surface area contributed by atoms with Gasteiger partial charge in [0.05, 0.1) is 5.69 Å². The summed E-state index contributed by atoms with van der Waals surface area (Å²) >= 11 is 0. The van der Waals surface area contributed by atoms with Crippen LogP contribution in [-0.4, -0.2) is 35.1 Å². The number of amides is 1. The van der Waals surface area contributed by atoms with Gasteiger partial charge < -0.3 is 15.2 Å². The molecule has 16 heavy (non-hydrogen) atoms. The predicted octanol–water partition coefficient (Wildman–Crippen LogP) is 0.855. The summed E-state index contributed by atoms with van der Waals surface area (Å²) in [6, 6.07) is 0.168. The minimum atomic E-state index is 0.00389. The van der Waals surface area contributed by atoms with Crippen LogP contribution in [0.4, 0.5) is 0 Å². The Morgan fingerprint density at radius 2 is 2.38 bits per heavy atom. The van der Waals surface area contributed by atoms with Gasteiger partial charge in [0.15, 0.2) is 0 Å². The van der Waals surface area contributed by atoms with E-state index >= 15 is 0 Å². The molecule has 1 aliphatic rings. The topological polar surface area (TPSA) is 72.4 Å². The van der Waals surface area contributed by atoms with E-state index in [2.05, 4.69) is 5.16 Å². The minimum absolute atomic E-state index is 0.00389. The standard InChI is InChI=1S/C11H17N3O2/c1-7-10(8(2)16-13-7)11(15)14-5-3-4-9(14)6-12/h9H,3-6,12H2,1-2H3. The van der Waals surface area contributed by atoms with Crippen LogP contribution in [-0.2, 0) is 0 Å². The van der Waals surface area contributed by atoms with Crippen LogP contribution in [0.2, 0.25) is 0 Å². The van der Waals surface area contributed by atoms with Crippen molar-refractivity contribution in [3.8, 4) is 0 Å². The van der Waals surface area contributed by atoms with Crippen LogP contribution in [0.25, 0.3) is 0 Å². The van der Waals surface area contributed by atoms with Crippen molar-refractivity contribution in [3.63, 3.8) is 0 Å². The predicted molar refractivity (Wildman–Crippen MR) is 59.1 cm³/mol. The van der Waals surface area contributed by atoms with Gasteiger partial charge in [-0.1, -0.05) is 5.16 Å². The smallest absolute Gasteiger partial charge is 0.259 e. The van der Waals surface area contributed by atoms with Crippen molar-refractivity contribution in [2.45, 2.75) is 32.7 Å². The highest BCUT2D eigenvalue weighted by Gasteiger charge is 2.31. The molecule has 0 aromatic carbocycles. The molecule has 88 valence electrons. The van der Waals surface area contributed by atoms with Crippen LogP contribution in [0.5, 0.6) is 0 Å². The first kappa shape index (κ1) is 11.1. The molecule has 0 spiro atoms. The van der Waals surface area contributed by atoms with Gasteiger partial charge in [0.2, 0.25) is 0 Å². The van der Waals surface area contributed by atoms with Crippen molar-refractivity contribution in [3.05, 3.63) is 17.0 Å². The molecule has 1 aromatic rings. The summed E-state index contributed by atoms with van der Waals surface area (Å²) in [5.41, 5.74) is 6.91. The monoisotopic (exact) mass is 223 g/mol. The van der Waals surface area contributed by atoms with Gasteiger partial charge in [-0.05, 0) is 26.7 Å². The maximum atomic E-state index is 12.3. The zero-order valence-corrected chi connectivity index (χ0v) is 9.69. The normalized spacial score (nSPS) is 20.4. The zero-order valence-electron chi connectivity index (χ0n) is 9.69. The lowest BCUT2D eigenvalue weighted by molar-refractivity contribution is 0.0739. The molecule has 2 N–H and O–H groups in total. The fourth-order valence-corrected chi connectivity index (χ4v) is 2.28. The molecular weight excluding hydrogens is 206 g/mol. The van der Waals surface area contributed by atoms with E-state index in [1.165, 1.54) is 0 Å². The summed E-state index contributed by atoms with van der Waals surface area (Å²) < 4.78 is 5.02. The number of carbonyl (C=O) groups is 1. The number of likely N-dealkylation sites (tertiary alicyclic amines) is 1. The van der Waals surface area contributed by atoms with E-state index in [-0.39, 0.29) is 11.9 Å². The lowest BCUT2D eigenvalue weighted by Crippen LogP contribution is -2.40. The van der Waals surface area contributed by atoms with E-state index in [4.69, 9.17) is 10.3 Å². The van der Waals surface area contributed by atoms with Crippen LogP contribution >= 0.6 is 0 Å². The van der Waals surface area contributed by atoms with Gasteiger partial charge in [0.25, 0.3) is 5.91 Å². The number of hydrogen-bond donors (Lipinski definition) is 1. The molecule has 5 nitrogen and oxygen atoms in total. The van der Waals surface area contributed by atoms with Crippen molar-refractivity contribution in [1.82, 2.24) is 10.1 Å². The van der Waals surface area contributed by atoms with Gasteiger partial charge in [-0.2, -0.15) is 0 Å². The molecule has 1 aliphatic heterocycles. The van der Waals surface area contributed by atoms with Gasteiger partial charge in [0, 0.05) is 19.1 Å². The maximum Gasteiger partial charge on any atom is 0.259 e. The quantitative estimate of drug-likeness (QED) is 0.807. The fraction of sp³-hybridized carbons (Fsp3) is 0.636. The van der Waals surface area contributed by atoms with Crippen molar-refractivity contribution in [2.75, 3.05) is 13.1 Å². The van der Waals surface area contributed by atoms with Gasteiger partial charge in [-0.25, -0.2) is 0 Å². The van der Waals surface area contributed by atoms with Crippen LogP contribution < -0.4 is 5.73 Å². The average molecular weight is 223 g/mol. The molecular formula is C11H17N3O2. The van der Waals surface area contributed by atoms with E-state index in [1.54, 1.807) is 13.8 Å². The van der Waals surface area contributed by atoms with E-state index in [1.807, 2.05) is 4.90 Å². The number of rotatable bonds is 2. The van der Waals surface area contributed by atoms with Gasteiger partial charge in [-0.3, -0.25) is 4.79 Å². The van der Waals surface area contributed by atoms with Crippen LogP contribution in [0.3, 0.4) is 0 Å². The number of carbonyl (C=O) groups excluding carboxylic acids is 1. The summed E-state index contributed by atoms with van der Waals surface area (Å²) in [5.74, 6) is 0.592. The molecule has 2 heterocycles. The van der Waals surface area contributed by atoms with Crippen molar-refractivity contribution < 1.29 is 9.32 Å². The van der Waals surface area contributed by atoms with Crippen LogP contribution in [0.1, 0.15) is 34.7 Å². The second kappa shape index (κ2) is 4.25. The lowest BCUT2D eigenvalue weighted by atomic mass is 10.1. The SMILES string of the molecule is Cc1noc(C)c1C(=O)N1CCCC1CN. The Hall–Kier alpha value is -1.36. The minimum Gasteiger partial charge on any atom is -0.361 e. The van der Waals surface area contributed by atoms with Crippen LogP contribution in [0, 0.1) is 13.8 Å². The Morgan fingerprint density at radius 1 is 1.62 bits per heavy atom. The molecule has 2 rings (SSSR count). The molecule has 5 heteroatoms.